The highest BCUT2D eigenvalue weighted by molar-refractivity contribution is 5.99. The first kappa shape index (κ1) is 18.9. The van der Waals surface area contributed by atoms with Crippen molar-refractivity contribution in [2.75, 3.05) is 20.7 Å². The molecule has 1 aliphatic heterocycles. The number of amides is 1. The lowest BCUT2D eigenvalue weighted by molar-refractivity contribution is -0.166. The molecule has 2 aromatic carbocycles. The molecule has 1 amide bonds. The molecule has 1 atom stereocenters. The van der Waals surface area contributed by atoms with Crippen molar-refractivity contribution in [2.45, 2.75) is 25.5 Å². The highest BCUT2D eigenvalue weighted by Crippen LogP contribution is 2.28. The molecule has 27 heavy (non-hydrogen) atoms. The normalized spacial score (nSPS) is 18.9. The third-order valence-electron chi connectivity index (χ3n) is 4.37. The number of nitrogens with one attached hydrogen (secondary N) is 1. The van der Waals surface area contributed by atoms with E-state index in [1.54, 1.807) is 19.2 Å². The second-order valence-corrected chi connectivity index (χ2v) is 6.69. The number of hydrogen-bond donors (Lipinski definition) is 1. The molecule has 0 radical (unpaired) electrons. The fourth-order valence-corrected chi connectivity index (χ4v) is 3.08. The minimum atomic E-state index is -0.927. The molecule has 6 heteroatoms. The Morgan fingerprint density at radius 2 is 2.00 bits per heavy atom. The molecule has 142 valence electrons. The summed E-state index contributed by atoms with van der Waals surface area (Å²) in [4.78, 5) is 22.9. The van der Waals surface area contributed by atoms with Crippen molar-refractivity contribution in [1.82, 2.24) is 10.4 Å². The van der Waals surface area contributed by atoms with Gasteiger partial charge in [-0.25, -0.2) is 14.9 Å². The van der Waals surface area contributed by atoms with Crippen LogP contribution in [0, 0.1) is 0 Å². The summed E-state index contributed by atoms with van der Waals surface area (Å²) in [6, 6.07) is 17.7. The van der Waals surface area contributed by atoms with E-state index in [4.69, 9.17) is 9.57 Å². The summed E-state index contributed by atoms with van der Waals surface area (Å²) in [5.74, 6) is 1.34. The summed E-state index contributed by atoms with van der Waals surface area (Å²) < 4.78 is 5.27. The molecule has 0 spiro atoms. The van der Waals surface area contributed by atoms with Gasteiger partial charge in [0.2, 0.25) is 5.91 Å². The Morgan fingerprint density at radius 1 is 1.22 bits per heavy atom. The number of benzene rings is 2. The number of carbonyl (C=O) groups is 1. The van der Waals surface area contributed by atoms with Crippen LogP contribution in [0.2, 0.25) is 0 Å². The van der Waals surface area contributed by atoms with E-state index >= 15 is 0 Å². The second kappa shape index (κ2) is 8.22. The molecule has 0 fully saturated rings. The molecule has 6 nitrogen and oxygen atoms in total. The fraction of sp³-hybridized carbons (Fsp3) is 0.333. The number of methoxy groups -OCH3 is 1. The number of ether oxygens (including phenoxy) is 1. The number of aliphatic imine (C=N–C) groups is 1. The van der Waals surface area contributed by atoms with E-state index in [0.717, 1.165) is 17.7 Å². The fourth-order valence-electron chi connectivity index (χ4n) is 3.08. The van der Waals surface area contributed by atoms with Gasteiger partial charge in [0, 0.05) is 19.2 Å². The minimum Gasteiger partial charge on any atom is -0.497 e. The van der Waals surface area contributed by atoms with Crippen molar-refractivity contribution >= 4 is 11.7 Å². The molecule has 0 saturated heterocycles. The first-order valence-electron chi connectivity index (χ1n) is 8.97. The summed E-state index contributed by atoms with van der Waals surface area (Å²) >= 11 is 0. The standard InChI is InChI=1S/C21H25N3O3/c1-21(15-19(25)22-13-12-16-8-5-4-6-9-16)23-20(24(2)27-21)17-10-7-11-18(14-17)26-3/h4-11,14H,12-13,15H2,1-3H3,(H,22,25). The van der Waals surface area contributed by atoms with Gasteiger partial charge in [0.15, 0.2) is 11.6 Å². The van der Waals surface area contributed by atoms with Gasteiger partial charge in [-0.15, -0.1) is 0 Å². The van der Waals surface area contributed by atoms with Crippen molar-refractivity contribution in [2.24, 2.45) is 4.99 Å². The molecule has 0 aromatic heterocycles. The monoisotopic (exact) mass is 367 g/mol. The van der Waals surface area contributed by atoms with E-state index in [1.807, 2.05) is 61.5 Å². The Balaban J connectivity index is 1.60. The molecule has 1 heterocycles. The van der Waals surface area contributed by atoms with Crippen LogP contribution in [0.3, 0.4) is 0 Å². The third-order valence-corrected chi connectivity index (χ3v) is 4.37. The zero-order valence-corrected chi connectivity index (χ0v) is 15.9. The lowest BCUT2D eigenvalue weighted by atomic mass is 10.1. The number of rotatable bonds is 7. The molecule has 3 rings (SSSR count). The molecule has 2 aromatic rings. The molecule has 0 saturated carbocycles. The van der Waals surface area contributed by atoms with Crippen LogP contribution in [0.4, 0.5) is 0 Å². The summed E-state index contributed by atoms with van der Waals surface area (Å²) in [6.45, 7) is 2.40. The van der Waals surface area contributed by atoms with Crippen molar-refractivity contribution in [3.05, 3.63) is 65.7 Å². The van der Waals surface area contributed by atoms with Gasteiger partial charge in [-0.1, -0.05) is 42.5 Å². The maximum Gasteiger partial charge on any atom is 0.225 e. The van der Waals surface area contributed by atoms with Crippen LogP contribution in [0.1, 0.15) is 24.5 Å². The highest BCUT2D eigenvalue weighted by atomic mass is 16.7. The van der Waals surface area contributed by atoms with Crippen molar-refractivity contribution in [3.63, 3.8) is 0 Å². The van der Waals surface area contributed by atoms with Gasteiger partial charge in [0.1, 0.15) is 5.75 Å². The predicted molar refractivity (Wildman–Crippen MR) is 105 cm³/mol. The molecule has 0 aliphatic carbocycles. The summed E-state index contributed by atoms with van der Waals surface area (Å²) in [6.07, 6.45) is 0.946. The minimum absolute atomic E-state index is 0.0857. The first-order valence-corrected chi connectivity index (χ1v) is 8.97. The molecule has 1 unspecified atom stereocenters. The van der Waals surface area contributed by atoms with Gasteiger partial charge >= 0.3 is 0 Å². The maximum atomic E-state index is 12.3. The zero-order valence-electron chi connectivity index (χ0n) is 15.9. The largest absolute Gasteiger partial charge is 0.497 e. The van der Waals surface area contributed by atoms with Crippen LogP contribution < -0.4 is 10.1 Å². The van der Waals surface area contributed by atoms with Gasteiger partial charge in [-0.05, 0) is 31.0 Å². The molecular weight excluding hydrogens is 342 g/mol. The van der Waals surface area contributed by atoms with Crippen molar-refractivity contribution < 1.29 is 14.4 Å². The van der Waals surface area contributed by atoms with Crippen LogP contribution in [0.25, 0.3) is 0 Å². The number of carbonyl (C=O) groups excluding carboxylic acids is 1. The van der Waals surface area contributed by atoms with E-state index in [9.17, 15) is 4.79 Å². The second-order valence-electron chi connectivity index (χ2n) is 6.69. The Bertz CT molecular complexity index is 822. The van der Waals surface area contributed by atoms with Crippen LogP contribution in [-0.2, 0) is 16.1 Å². The Morgan fingerprint density at radius 3 is 2.74 bits per heavy atom. The SMILES string of the molecule is COc1cccc(C2=NC(C)(CC(=O)NCCc3ccccc3)ON2C)c1. The first-order chi connectivity index (χ1) is 13.0. The molecular formula is C21H25N3O3. The van der Waals surface area contributed by atoms with Crippen LogP contribution in [-0.4, -0.2) is 43.2 Å². The average molecular weight is 367 g/mol. The van der Waals surface area contributed by atoms with Gasteiger partial charge < -0.3 is 10.1 Å². The average Bonchev–Trinajstić information content (AvgIpc) is 2.96. The van der Waals surface area contributed by atoms with Crippen molar-refractivity contribution in [1.29, 1.82) is 0 Å². The van der Waals surface area contributed by atoms with Crippen LogP contribution in [0.15, 0.2) is 59.6 Å². The Kier molecular flexibility index (Phi) is 5.76. The zero-order chi connectivity index (χ0) is 19.3. The van der Waals surface area contributed by atoms with Crippen LogP contribution in [0.5, 0.6) is 5.75 Å². The topological polar surface area (TPSA) is 63.2 Å². The van der Waals surface area contributed by atoms with E-state index in [0.29, 0.717) is 12.4 Å². The lowest BCUT2D eigenvalue weighted by Gasteiger charge is -2.21. The summed E-state index contributed by atoms with van der Waals surface area (Å²) in [5.41, 5.74) is 1.15. The maximum absolute atomic E-state index is 12.3. The molecule has 1 N–H and O–H groups in total. The van der Waals surface area contributed by atoms with Gasteiger partial charge in [-0.3, -0.25) is 4.79 Å². The number of hydroxylamine groups is 2. The molecule has 1 aliphatic rings. The third kappa shape index (κ3) is 4.86. The summed E-state index contributed by atoms with van der Waals surface area (Å²) in [7, 11) is 3.41. The smallest absolute Gasteiger partial charge is 0.225 e. The van der Waals surface area contributed by atoms with Gasteiger partial charge in [0.05, 0.1) is 13.5 Å². The van der Waals surface area contributed by atoms with Crippen LogP contribution >= 0.6 is 0 Å². The predicted octanol–water partition coefficient (Wildman–Crippen LogP) is 2.78. The Labute approximate surface area is 159 Å². The van der Waals surface area contributed by atoms with E-state index < -0.39 is 5.72 Å². The highest BCUT2D eigenvalue weighted by Gasteiger charge is 2.37. The van der Waals surface area contributed by atoms with E-state index in [1.165, 1.54) is 5.56 Å². The lowest BCUT2D eigenvalue weighted by Crippen LogP contribution is -2.36. The number of hydrogen-bond acceptors (Lipinski definition) is 5. The van der Waals surface area contributed by atoms with Crippen molar-refractivity contribution in [3.8, 4) is 5.75 Å². The Hall–Kier alpha value is -2.86. The van der Waals surface area contributed by atoms with E-state index in [2.05, 4.69) is 10.3 Å². The van der Waals surface area contributed by atoms with E-state index in [-0.39, 0.29) is 12.3 Å². The number of nitrogens with zero attached hydrogens (tertiary/aromatic N) is 2. The number of amidine groups is 1. The van der Waals surface area contributed by atoms with Gasteiger partial charge in [-0.2, -0.15) is 0 Å². The molecule has 0 bridgehead atoms. The summed E-state index contributed by atoms with van der Waals surface area (Å²) in [5, 5.41) is 4.55. The van der Waals surface area contributed by atoms with Gasteiger partial charge in [0.25, 0.3) is 0 Å². The quantitative estimate of drug-likeness (QED) is 0.817.